The fourth-order valence-electron chi connectivity index (χ4n) is 4.61. The van der Waals surface area contributed by atoms with Crippen LogP contribution >= 0.6 is 0 Å². The van der Waals surface area contributed by atoms with Gasteiger partial charge in [0.05, 0.1) is 0 Å². The molecule has 7 heteroatoms. The van der Waals surface area contributed by atoms with Crippen molar-refractivity contribution in [2.75, 3.05) is 0 Å². The van der Waals surface area contributed by atoms with Crippen molar-refractivity contribution in [1.29, 1.82) is 0 Å². The third-order valence-electron chi connectivity index (χ3n) is 6.42. The van der Waals surface area contributed by atoms with Gasteiger partial charge in [0.2, 0.25) is 11.8 Å². The van der Waals surface area contributed by atoms with E-state index in [1.807, 2.05) is 39.0 Å². The Morgan fingerprint density at radius 1 is 1.16 bits per heavy atom. The van der Waals surface area contributed by atoms with E-state index in [-0.39, 0.29) is 35.7 Å². The molecule has 0 saturated heterocycles. The van der Waals surface area contributed by atoms with Gasteiger partial charge < -0.3 is 20.3 Å². The maximum atomic E-state index is 14.3. The zero-order chi connectivity index (χ0) is 27.9. The number of ether oxygens (including phenoxy) is 1. The molecule has 37 heavy (non-hydrogen) atoms. The Bertz CT molecular complexity index is 991. The van der Waals surface area contributed by atoms with Crippen LogP contribution in [0.3, 0.4) is 0 Å². The maximum absolute atomic E-state index is 14.3. The Hall–Kier alpha value is -3.01. The highest BCUT2D eigenvalue weighted by Gasteiger charge is 2.48. The predicted octanol–water partition coefficient (Wildman–Crippen LogP) is 5.19. The Labute approximate surface area is 223 Å². The fraction of sp³-hybridized carbons (Fsp3) is 0.633. The highest BCUT2D eigenvalue weighted by Crippen LogP contribution is 2.41. The molecular weight excluding hydrogens is 466 g/mol. The number of carbonyl (C=O) groups excluding carboxylic acids is 3. The number of terminal acetylenes is 1. The molecule has 5 unspecified atom stereocenters. The molecule has 0 spiro atoms. The van der Waals surface area contributed by atoms with Gasteiger partial charge in [-0.1, -0.05) is 58.2 Å². The average molecular weight is 512 g/mol. The first-order chi connectivity index (χ1) is 17.3. The molecule has 2 rings (SSSR count). The number of nitrogens with zero attached hydrogens (tertiary/aromatic N) is 1. The van der Waals surface area contributed by atoms with Gasteiger partial charge in [0.15, 0.2) is 0 Å². The van der Waals surface area contributed by atoms with Crippen molar-refractivity contribution in [3.8, 4) is 12.3 Å². The molecule has 5 atom stereocenters. The molecule has 1 aromatic carbocycles. The molecule has 1 aliphatic rings. The molecule has 1 fully saturated rings. The van der Waals surface area contributed by atoms with E-state index in [0.29, 0.717) is 17.5 Å². The summed E-state index contributed by atoms with van der Waals surface area (Å²) in [6, 6.07) is 5.31. The lowest BCUT2D eigenvalue weighted by molar-refractivity contribution is -0.144. The van der Waals surface area contributed by atoms with Crippen molar-refractivity contribution in [3.05, 3.63) is 35.4 Å². The molecule has 1 saturated carbocycles. The second-order valence-corrected chi connectivity index (χ2v) is 11.7. The van der Waals surface area contributed by atoms with Crippen molar-refractivity contribution in [2.24, 2.45) is 11.8 Å². The van der Waals surface area contributed by atoms with Crippen LogP contribution in [0.4, 0.5) is 4.79 Å². The summed E-state index contributed by atoms with van der Waals surface area (Å²) in [4.78, 5) is 42.5. The first-order valence-corrected chi connectivity index (χ1v) is 13.5. The number of hydrogen-bond acceptors (Lipinski definition) is 4. The Morgan fingerprint density at radius 3 is 2.30 bits per heavy atom. The standard InChI is InChI=1S/C30H45N3O4/c1-10-14-21(6)31-27(34)26(23-16-13-12-15-22(23)11-2)33(25-18-20(25)5)28(35)24(17-19(3)4)32-29(36)37-30(7,8)9/h2,12-13,15-16,19-21,24-26H,10,14,17-18H2,1,3-9H3,(H,31,34)(H,32,36). The second-order valence-electron chi connectivity index (χ2n) is 11.7. The van der Waals surface area contributed by atoms with Crippen LogP contribution in [0.15, 0.2) is 24.3 Å². The van der Waals surface area contributed by atoms with Crippen molar-refractivity contribution in [1.82, 2.24) is 15.5 Å². The number of hydrogen-bond donors (Lipinski definition) is 2. The largest absolute Gasteiger partial charge is 0.444 e. The van der Waals surface area contributed by atoms with Crippen LogP contribution in [0.5, 0.6) is 0 Å². The van der Waals surface area contributed by atoms with Gasteiger partial charge in [-0.25, -0.2) is 4.79 Å². The summed E-state index contributed by atoms with van der Waals surface area (Å²) >= 11 is 0. The summed E-state index contributed by atoms with van der Waals surface area (Å²) in [5.41, 5.74) is 0.473. The summed E-state index contributed by atoms with van der Waals surface area (Å²) in [6.45, 7) is 15.4. The van der Waals surface area contributed by atoms with Gasteiger partial charge in [-0.05, 0) is 70.4 Å². The molecule has 2 N–H and O–H groups in total. The van der Waals surface area contributed by atoms with Crippen molar-refractivity contribution in [2.45, 2.75) is 111 Å². The van der Waals surface area contributed by atoms with E-state index >= 15 is 0 Å². The molecule has 204 valence electrons. The summed E-state index contributed by atoms with van der Waals surface area (Å²) in [7, 11) is 0. The molecule has 1 aromatic rings. The number of rotatable bonds is 11. The molecule has 3 amide bonds. The number of amides is 3. The number of alkyl carbamates (subject to hydrolysis) is 1. The van der Waals surface area contributed by atoms with Gasteiger partial charge in [-0.2, -0.15) is 0 Å². The van der Waals surface area contributed by atoms with Gasteiger partial charge in [-0.15, -0.1) is 6.42 Å². The SMILES string of the molecule is C#Cc1ccccc1C(C(=O)NC(C)CCC)N(C(=O)C(CC(C)C)NC(=O)OC(C)(C)C)C1CC1C. The number of benzene rings is 1. The zero-order valence-corrected chi connectivity index (χ0v) is 23.8. The van der Waals surface area contributed by atoms with Crippen molar-refractivity contribution >= 4 is 17.9 Å². The van der Waals surface area contributed by atoms with Crippen LogP contribution in [0, 0.1) is 24.2 Å². The lowest BCUT2D eigenvalue weighted by Crippen LogP contribution is -2.55. The molecule has 0 aliphatic heterocycles. The third-order valence-corrected chi connectivity index (χ3v) is 6.42. The van der Waals surface area contributed by atoms with Gasteiger partial charge in [-0.3, -0.25) is 9.59 Å². The average Bonchev–Trinajstić information content (AvgIpc) is 3.50. The van der Waals surface area contributed by atoms with E-state index in [4.69, 9.17) is 11.2 Å². The van der Waals surface area contributed by atoms with E-state index in [0.717, 1.165) is 19.3 Å². The normalized spacial score (nSPS) is 19.2. The fourth-order valence-corrected chi connectivity index (χ4v) is 4.61. The third kappa shape index (κ3) is 8.80. The van der Waals surface area contributed by atoms with E-state index in [1.54, 1.807) is 31.7 Å². The summed E-state index contributed by atoms with van der Waals surface area (Å²) < 4.78 is 5.46. The van der Waals surface area contributed by atoms with Crippen molar-refractivity contribution in [3.63, 3.8) is 0 Å². The molecular formula is C30H45N3O4. The van der Waals surface area contributed by atoms with Crippen LogP contribution in [0.1, 0.15) is 98.2 Å². The summed E-state index contributed by atoms with van der Waals surface area (Å²) in [5.74, 6) is 2.47. The minimum Gasteiger partial charge on any atom is -0.444 e. The predicted molar refractivity (Wildman–Crippen MR) is 147 cm³/mol. The monoisotopic (exact) mass is 511 g/mol. The lowest BCUT2D eigenvalue weighted by atomic mass is 9.95. The maximum Gasteiger partial charge on any atom is 0.408 e. The van der Waals surface area contributed by atoms with E-state index < -0.39 is 23.8 Å². The quantitative estimate of drug-likeness (QED) is 0.400. The van der Waals surface area contributed by atoms with Gasteiger partial charge in [0, 0.05) is 17.6 Å². The summed E-state index contributed by atoms with van der Waals surface area (Å²) in [6.07, 6.45) is 8.10. The second kappa shape index (κ2) is 13.0. The van der Waals surface area contributed by atoms with Crippen LogP contribution in [-0.4, -0.2) is 46.5 Å². The molecule has 0 radical (unpaired) electrons. The Morgan fingerprint density at radius 2 is 1.78 bits per heavy atom. The molecule has 1 aliphatic carbocycles. The van der Waals surface area contributed by atoms with Gasteiger partial charge in [0.1, 0.15) is 17.7 Å². The summed E-state index contributed by atoms with van der Waals surface area (Å²) in [5, 5.41) is 5.89. The van der Waals surface area contributed by atoms with E-state index in [2.05, 4.69) is 30.4 Å². The van der Waals surface area contributed by atoms with Crippen LogP contribution in [0.2, 0.25) is 0 Å². The first-order valence-electron chi connectivity index (χ1n) is 13.5. The van der Waals surface area contributed by atoms with E-state index in [9.17, 15) is 14.4 Å². The zero-order valence-electron chi connectivity index (χ0n) is 23.8. The molecule has 0 heterocycles. The minimum absolute atomic E-state index is 0.0575. The molecule has 0 bridgehead atoms. The smallest absolute Gasteiger partial charge is 0.408 e. The Kier molecular flexibility index (Phi) is 10.6. The Balaban J connectivity index is 2.55. The van der Waals surface area contributed by atoms with Crippen molar-refractivity contribution < 1.29 is 19.1 Å². The van der Waals surface area contributed by atoms with Gasteiger partial charge >= 0.3 is 6.09 Å². The van der Waals surface area contributed by atoms with E-state index in [1.165, 1.54) is 0 Å². The van der Waals surface area contributed by atoms with Gasteiger partial charge in [0.25, 0.3) is 0 Å². The highest BCUT2D eigenvalue weighted by atomic mass is 16.6. The topological polar surface area (TPSA) is 87.7 Å². The first kappa shape index (κ1) is 30.2. The van der Waals surface area contributed by atoms with Crippen LogP contribution in [-0.2, 0) is 14.3 Å². The molecule has 0 aromatic heterocycles. The molecule has 7 nitrogen and oxygen atoms in total. The number of carbonyl (C=O) groups is 3. The minimum atomic E-state index is -0.913. The highest BCUT2D eigenvalue weighted by molar-refractivity contribution is 5.93. The lowest BCUT2D eigenvalue weighted by Gasteiger charge is -2.36. The van der Waals surface area contributed by atoms with Crippen LogP contribution < -0.4 is 10.6 Å². The number of nitrogens with one attached hydrogen (secondary N) is 2. The van der Waals surface area contributed by atoms with Crippen LogP contribution in [0.25, 0.3) is 0 Å².